The van der Waals surface area contributed by atoms with E-state index in [4.69, 9.17) is 4.74 Å². The van der Waals surface area contributed by atoms with Crippen molar-refractivity contribution >= 4 is 21.4 Å². The molecule has 1 N–H and O–H groups in total. The average Bonchev–Trinajstić information content (AvgIpc) is 2.98. The number of hydrogen-bond donors (Lipinski definition) is 1. The zero-order valence-electron chi connectivity index (χ0n) is 11.1. The number of rotatable bonds is 6. The van der Waals surface area contributed by atoms with Crippen LogP contribution < -0.4 is 9.46 Å². The molecule has 0 radical (unpaired) electrons. The summed E-state index contributed by atoms with van der Waals surface area (Å²) in [5.74, 6) is 0.0325. The first-order chi connectivity index (χ1) is 10.3. The smallest absolute Gasteiger partial charge is 0.416 e. The minimum absolute atomic E-state index is 0.0325. The van der Waals surface area contributed by atoms with Gasteiger partial charge in [0.05, 0.1) is 5.56 Å². The molecule has 0 unspecified atom stereocenters. The molecule has 2 aromatic rings. The molecule has 0 saturated heterocycles. The minimum Gasteiger partial charge on any atom is -0.492 e. The maximum absolute atomic E-state index is 12.5. The molecule has 0 amide bonds. The standard InChI is InChI=1S/C13H12F3NO3S2/c14-13(15,16)10-3-1-4-11(9-10)20-7-6-17-22(18,19)12-5-2-8-21-12/h1-5,8-9,17H,6-7H2. The molecule has 0 aliphatic carbocycles. The number of ether oxygens (including phenoxy) is 1. The Morgan fingerprint density at radius 2 is 1.95 bits per heavy atom. The second kappa shape index (κ2) is 6.67. The van der Waals surface area contributed by atoms with E-state index in [-0.39, 0.29) is 23.1 Å². The van der Waals surface area contributed by atoms with Crippen LogP contribution in [0, 0.1) is 0 Å². The Bertz CT molecular complexity index is 712. The van der Waals surface area contributed by atoms with Crippen molar-refractivity contribution in [3.8, 4) is 5.75 Å². The van der Waals surface area contributed by atoms with Gasteiger partial charge in [0.2, 0.25) is 10.0 Å². The molecule has 1 heterocycles. The number of thiophene rings is 1. The Kier molecular flexibility index (Phi) is 5.09. The van der Waals surface area contributed by atoms with E-state index in [2.05, 4.69) is 4.72 Å². The molecule has 0 aliphatic rings. The fraction of sp³-hybridized carbons (Fsp3) is 0.231. The van der Waals surface area contributed by atoms with Crippen molar-refractivity contribution in [1.29, 1.82) is 0 Å². The van der Waals surface area contributed by atoms with Crippen molar-refractivity contribution in [3.05, 3.63) is 47.3 Å². The first-order valence-corrected chi connectivity index (χ1v) is 8.48. The van der Waals surface area contributed by atoms with Crippen LogP contribution >= 0.6 is 11.3 Å². The van der Waals surface area contributed by atoms with E-state index in [0.29, 0.717) is 0 Å². The van der Waals surface area contributed by atoms with Crippen LogP contribution in [0.15, 0.2) is 46.0 Å². The summed E-state index contributed by atoms with van der Waals surface area (Å²) < 4.78 is 68.8. The van der Waals surface area contributed by atoms with Gasteiger partial charge in [0.25, 0.3) is 0 Å². The van der Waals surface area contributed by atoms with Crippen molar-refractivity contribution in [3.63, 3.8) is 0 Å². The molecule has 2 rings (SSSR count). The Morgan fingerprint density at radius 3 is 2.59 bits per heavy atom. The third-order valence-electron chi connectivity index (χ3n) is 2.58. The highest BCUT2D eigenvalue weighted by molar-refractivity contribution is 7.91. The quantitative estimate of drug-likeness (QED) is 0.814. The van der Waals surface area contributed by atoms with Gasteiger partial charge in [-0.3, -0.25) is 0 Å². The maximum atomic E-state index is 12.5. The molecule has 0 spiro atoms. The molecule has 1 aromatic heterocycles. The lowest BCUT2D eigenvalue weighted by Gasteiger charge is -2.10. The summed E-state index contributed by atoms with van der Waals surface area (Å²) in [4.78, 5) is 0. The van der Waals surface area contributed by atoms with Crippen LogP contribution in [0.1, 0.15) is 5.56 Å². The van der Waals surface area contributed by atoms with E-state index in [0.717, 1.165) is 23.5 Å². The average molecular weight is 351 g/mol. The summed E-state index contributed by atoms with van der Waals surface area (Å²) in [6, 6.07) is 7.48. The topological polar surface area (TPSA) is 55.4 Å². The molecule has 0 atom stereocenters. The Morgan fingerprint density at radius 1 is 1.18 bits per heavy atom. The van der Waals surface area contributed by atoms with E-state index >= 15 is 0 Å². The predicted octanol–water partition coefficient (Wildman–Crippen LogP) is 3.12. The maximum Gasteiger partial charge on any atom is 0.416 e. The second-order valence-corrected chi connectivity index (χ2v) is 7.15. The Labute approximate surface area is 129 Å². The fourth-order valence-electron chi connectivity index (χ4n) is 1.59. The molecule has 0 saturated carbocycles. The summed E-state index contributed by atoms with van der Waals surface area (Å²) in [6.07, 6.45) is -4.44. The van der Waals surface area contributed by atoms with Gasteiger partial charge in [0.1, 0.15) is 16.6 Å². The van der Waals surface area contributed by atoms with Crippen molar-refractivity contribution in [2.24, 2.45) is 0 Å². The van der Waals surface area contributed by atoms with Crippen LogP contribution in [0.5, 0.6) is 5.75 Å². The third-order valence-corrected chi connectivity index (χ3v) is 5.44. The van der Waals surface area contributed by atoms with Gasteiger partial charge < -0.3 is 4.74 Å². The molecule has 1 aromatic carbocycles. The Hall–Kier alpha value is -1.58. The third kappa shape index (κ3) is 4.46. The SMILES string of the molecule is O=S(=O)(NCCOc1cccc(C(F)(F)F)c1)c1cccs1. The number of hydrogen-bond acceptors (Lipinski definition) is 4. The zero-order chi connectivity index (χ0) is 16.2. The van der Waals surface area contributed by atoms with Crippen LogP contribution in [0.25, 0.3) is 0 Å². The molecular formula is C13H12F3NO3S2. The normalized spacial score (nSPS) is 12.3. The van der Waals surface area contributed by atoms with Gasteiger partial charge >= 0.3 is 6.18 Å². The number of alkyl halides is 3. The molecule has 22 heavy (non-hydrogen) atoms. The van der Waals surface area contributed by atoms with Gasteiger partial charge in [-0.15, -0.1) is 11.3 Å². The first-order valence-electron chi connectivity index (χ1n) is 6.12. The molecule has 4 nitrogen and oxygen atoms in total. The molecule has 0 fully saturated rings. The highest BCUT2D eigenvalue weighted by atomic mass is 32.2. The highest BCUT2D eigenvalue weighted by Crippen LogP contribution is 2.31. The molecule has 120 valence electrons. The largest absolute Gasteiger partial charge is 0.492 e. The zero-order valence-corrected chi connectivity index (χ0v) is 12.8. The van der Waals surface area contributed by atoms with Gasteiger partial charge in [-0.2, -0.15) is 13.2 Å². The molecular weight excluding hydrogens is 339 g/mol. The minimum atomic E-state index is -4.44. The summed E-state index contributed by atoms with van der Waals surface area (Å²) in [7, 11) is -3.59. The van der Waals surface area contributed by atoms with Crippen molar-refractivity contribution < 1.29 is 26.3 Å². The van der Waals surface area contributed by atoms with Gasteiger partial charge in [-0.25, -0.2) is 13.1 Å². The van der Waals surface area contributed by atoms with Gasteiger partial charge in [-0.05, 0) is 29.6 Å². The van der Waals surface area contributed by atoms with Gasteiger partial charge in [-0.1, -0.05) is 12.1 Å². The van der Waals surface area contributed by atoms with Gasteiger partial charge in [0.15, 0.2) is 0 Å². The van der Waals surface area contributed by atoms with Crippen molar-refractivity contribution in [2.45, 2.75) is 10.4 Å². The monoisotopic (exact) mass is 351 g/mol. The van der Waals surface area contributed by atoms with Crippen LogP contribution in [0.4, 0.5) is 13.2 Å². The lowest BCUT2D eigenvalue weighted by Crippen LogP contribution is -2.27. The summed E-state index contributed by atoms with van der Waals surface area (Å²) >= 11 is 1.07. The molecule has 0 aliphatic heterocycles. The number of nitrogens with one attached hydrogen (secondary N) is 1. The number of halogens is 3. The van der Waals surface area contributed by atoms with E-state index in [9.17, 15) is 21.6 Å². The summed E-state index contributed by atoms with van der Waals surface area (Å²) in [5.41, 5.74) is -0.816. The van der Waals surface area contributed by atoms with E-state index in [1.807, 2.05) is 0 Å². The van der Waals surface area contributed by atoms with Crippen LogP contribution in [0.2, 0.25) is 0 Å². The molecule has 9 heteroatoms. The van der Waals surface area contributed by atoms with E-state index in [1.54, 1.807) is 11.4 Å². The summed E-state index contributed by atoms with van der Waals surface area (Å²) in [6.45, 7) is -0.123. The lowest BCUT2D eigenvalue weighted by atomic mass is 10.2. The molecule has 0 bridgehead atoms. The van der Waals surface area contributed by atoms with Crippen LogP contribution in [-0.2, 0) is 16.2 Å². The fourth-order valence-corrected chi connectivity index (χ4v) is 3.65. The predicted molar refractivity (Wildman–Crippen MR) is 76.4 cm³/mol. The number of sulfonamides is 1. The highest BCUT2D eigenvalue weighted by Gasteiger charge is 2.30. The summed E-state index contributed by atoms with van der Waals surface area (Å²) in [5, 5.41) is 1.63. The second-order valence-electron chi connectivity index (χ2n) is 4.20. The van der Waals surface area contributed by atoms with E-state index < -0.39 is 21.8 Å². The van der Waals surface area contributed by atoms with Crippen LogP contribution in [0.3, 0.4) is 0 Å². The van der Waals surface area contributed by atoms with Gasteiger partial charge in [0, 0.05) is 6.54 Å². The lowest BCUT2D eigenvalue weighted by molar-refractivity contribution is -0.137. The Balaban J connectivity index is 1.87. The van der Waals surface area contributed by atoms with Crippen LogP contribution in [-0.4, -0.2) is 21.6 Å². The van der Waals surface area contributed by atoms with Crippen molar-refractivity contribution in [2.75, 3.05) is 13.2 Å². The van der Waals surface area contributed by atoms with Crippen molar-refractivity contribution in [1.82, 2.24) is 4.72 Å². The number of benzene rings is 1. The first kappa shape index (κ1) is 16.8. The van der Waals surface area contributed by atoms with E-state index in [1.165, 1.54) is 18.2 Å².